The van der Waals surface area contributed by atoms with Crippen molar-refractivity contribution in [2.75, 3.05) is 0 Å². The third-order valence-electron chi connectivity index (χ3n) is 5.03. The van der Waals surface area contributed by atoms with Crippen LogP contribution in [0.4, 0.5) is 0 Å². The maximum atomic E-state index is 12.3. The van der Waals surface area contributed by atoms with E-state index in [0.717, 1.165) is 36.2 Å². The highest BCUT2D eigenvalue weighted by Gasteiger charge is 2.23. The van der Waals surface area contributed by atoms with Crippen LogP contribution in [0.25, 0.3) is 5.65 Å². The van der Waals surface area contributed by atoms with Crippen LogP contribution in [-0.2, 0) is 17.6 Å². The van der Waals surface area contributed by atoms with Gasteiger partial charge in [-0.15, -0.1) is 0 Å². The Morgan fingerprint density at radius 2 is 2.04 bits per heavy atom. The summed E-state index contributed by atoms with van der Waals surface area (Å²) in [5.74, 6) is -0.0721. The summed E-state index contributed by atoms with van der Waals surface area (Å²) in [4.78, 5) is 28.9. The molecule has 1 unspecified atom stereocenters. The van der Waals surface area contributed by atoms with Crippen molar-refractivity contribution >= 4 is 17.3 Å². The van der Waals surface area contributed by atoms with E-state index in [9.17, 15) is 9.59 Å². The van der Waals surface area contributed by atoms with Gasteiger partial charge >= 0.3 is 0 Å². The van der Waals surface area contributed by atoms with Crippen molar-refractivity contribution in [2.24, 2.45) is 0 Å². The third-order valence-corrected chi connectivity index (χ3v) is 5.03. The summed E-state index contributed by atoms with van der Waals surface area (Å²) < 4.78 is 1.92. The molecule has 0 fully saturated rings. The summed E-state index contributed by atoms with van der Waals surface area (Å²) >= 11 is 0. The minimum absolute atomic E-state index is 0.000356. The van der Waals surface area contributed by atoms with E-state index in [2.05, 4.69) is 15.4 Å². The van der Waals surface area contributed by atoms with Gasteiger partial charge in [0.05, 0.1) is 5.69 Å². The Hall–Kier alpha value is -3.02. The number of nitrogens with one attached hydrogen (secondary N) is 1. The van der Waals surface area contributed by atoms with Crippen LogP contribution >= 0.6 is 0 Å². The number of hydrogen-bond donors (Lipinski definition) is 1. The lowest BCUT2D eigenvalue weighted by Crippen LogP contribution is -2.39. The maximum absolute atomic E-state index is 12.3. The van der Waals surface area contributed by atoms with Crippen LogP contribution < -0.4 is 5.32 Å². The van der Waals surface area contributed by atoms with Crippen molar-refractivity contribution in [3.8, 4) is 0 Å². The second kappa shape index (κ2) is 7.31. The lowest BCUT2D eigenvalue weighted by molar-refractivity contribution is -0.121. The van der Waals surface area contributed by atoms with Gasteiger partial charge in [0.25, 0.3) is 0 Å². The Morgan fingerprint density at radius 1 is 1.22 bits per heavy atom. The van der Waals surface area contributed by atoms with Gasteiger partial charge in [0.15, 0.2) is 11.4 Å². The molecule has 27 heavy (non-hydrogen) atoms. The van der Waals surface area contributed by atoms with E-state index >= 15 is 0 Å². The molecule has 0 bridgehead atoms. The van der Waals surface area contributed by atoms with Gasteiger partial charge in [0.1, 0.15) is 0 Å². The van der Waals surface area contributed by atoms with E-state index in [1.807, 2.05) is 41.9 Å². The van der Waals surface area contributed by atoms with Gasteiger partial charge in [-0.3, -0.25) is 9.59 Å². The summed E-state index contributed by atoms with van der Waals surface area (Å²) in [6, 6.07) is 11.1. The molecule has 3 aromatic rings. The Bertz CT molecular complexity index is 994. The zero-order valence-electron chi connectivity index (χ0n) is 15.3. The molecule has 6 nitrogen and oxygen atoms in total. The second-order valence-corrected chi connectivity index (χ2v) is 7.08. The van der Waals surface area contributed by atoms with Gasteiger partial charge in [0.2, 0.25) is 5.91 Å². The highest BCUT2D eigenvalue weighted by atomic mass is 16.2. The van der Waals surface area contributed by atoms with Crippen molar-refractivity contribution in [3.63, 3.8) is 0 Å². The number of carbonyl (C=O) groups excluding carboxylic acids is 2. The van der Waals surface area contributed by atoms with Crippen molar-refractivity contribution in [1.29, 1.82) is 0 Å². The van der Waals surface area contributed by atoms with E-state index < -0.39 is 0 Å². The van der Waals surface area contributed by atoms with Gasteiger partial charge < -0.3 is 5.32 Å². The number of aryl methyl sites for hydroxylation is 2. The van der Waals surface area contributed by atoms with Gasteiger partial charge in [-0.1, -0.05) is 30.3 Å². The second-order valence-electron chi connectivity index (χ2n) is 7.08. The number of fused-ring (bicyclic) bond motifs is 3. The minimum Gasteiger partial charge on any atom is -0.353 e. The normalized spacial score (nSPS) is 16.1. The molecule has 0 saturated heterocycles. The number of rotatable bonds is 5. The van der Waals surface area contributed by atoms with E-state index in [0.29, 0.717) is 5.56 Å². The van der Waals surface area contributed by atoms with Gasteiger partial charge in [0, 0.05) is 42.4 Å². The zero-order chi connectivity index (χ0) is 18.8. The highest BCUT2D eigenvalue weighted by molar-refractivity contribution is 5.97. The predicted molar refractivity (Wildman–Crippen MR) is 102 cm³/mol. The number of amides is 1. The number of Topliss-reactive ketones (excluding diaryl/α,β-unsaturated/α-hetero) is 1. The molecule has 2 heterocycles. The maximum Gasteiger partial charge on any atom is 0.220 e. The van der Waals surface area contributed by atoms with E-state index in [4.69, 9.17) is 0 Å². The Labute approximate surface area is 157 Å². The summed E-state index contributed by atoms with van der Waals surface area (Å²) in [7, 11) is 0. The third kappa shape index (κ3) is 3.74. The highest BCUT2D eigenvalue weighted by Crippen LogP contribution is 2.22. The fraction of sp³-hybridized carbons (Fsp3) is 0.333. The summed E-state index contributed by atoms with van der Waals surface area (Å²) in [5, 5.41) is 7.59. The van der Waals surface area contributed by atoms with Crippen LogP contribution in [0, 0.1) is 6.92 Å². The zero-order valence-corrected chi connectivity index (χ0v) is 15.3. The van der Waals surface area contributed by atoms with Crippen LogP contribution in [0.2, 0.25) is 0 Å². The topological polar surface area (TPSA) is 76.4 Å². The molecule has 6 heteroatoms. The monoisotopic (exact) mass is 362 g/mol. The fourth-order valence-corrected chi connectivity index (χ4v) is 3.66. The van der Waals surface area contributed by atoms with Crippen molar-refractivity contribution in [3.05, 3.63) is 65.1 Å². The number of aromatic nitrogens is 3. The molecule has 0 saturated carbocycles. The summed E-state index contributed by atoms with van der Waals surface area (Å²) in [6.45, 7) is 1.96. The number of carbonyl (C=O) groups is 2. The first-order valence-electron chi connectivity index (χ1n) is 9.31. The SMILES string of the molecule is Cc1cc2ncc3c(n2n1)CCC(NC(=O)CCC(=O)c1ccccc1)C3. The first-order valence-corrected chi connectivity index (χ1v) is 9.31. The molecule has 0 aliphatic heterocycles. The predicted octanol–water partition coefficient (Wildman–Crippen LogP) is 2.67. The van der Waals surface area contributed by atoms with E-state index in [-0.39, 0.29) is 30.6 Å². The average molecular weight is 362 g/mol. The molecule has 0 spiro atoms. The Morgan fingerprint density at radius 3 is 2.85 bits per heavy atom. The molecule has 138 valence electrons. The van der Waals surface area contributed by atoms with Crippen LogP contribution in [0.1, 0.15) is 46.6 Å². The molecule has 0 radical (unpaired) electrons. The molecule has 1 atom stereocenters. The van der Waals surface area contributed by atoms with Gasteiger partial charge in [-0.05, 0) is 31.7 Å². The molecule has 1 aromatic carbocycles. The number of ketones is 1. The van der Waals surface area contributed by atoms with Gasteiger partial charge in [-0.2, -0.15) is 5.10 Å². The van der Waals surface area contributed by atoms with Crippen molar-refractivity contribution < 1.29 is 9.59 Å². The first-order chi connectivity index (χ1) is 13.1. The lowest BCUT2D eigenvalue weighted by Gasteiger charge is -2.25. The molecule has 1 N–H and O–H groups in total. The molecule has 1 amide bonds. The molecule has 4 rings (SSSR count). The lowest BCUT2D eigenvalue weighted by atomic mass is 9.92. The molecule has 1 aliphatic carbocycles. The molecule has 1 aliphatic rings. The first kappa shape index (κ1) is 17.4. The van der Waals surface area contributed by atoms with Crippen LogP contribution in [0.5, 0.6) is 0 Å². The average Bonchev–Trinajstić information content (AvgIpc) is 3.07. The van der Waals surface area contributed by atoms with E-state index in [1.54, 1.807) is 12.1 Å². The van der Waals surface area contributed by atoms with Crippen LogP contribution in [-0.4, -0.2) is 32.3 Å². The quantitative estimate of drug-likeness (QED) is 0.708. The standard InChI is InChI=1S/C21H22N4O2/c1-14-11-20-22-13-16-12-17(7-8-18(16)25(20)24-14)23-21(27)10-9-19(26)15-5-3-2-4-6-15/h2-6,11,13,17H,7-10,12H2,1H3,(H,23,27). The number of hydrogen-bond acceptors (Lipinski definition) is 4. The Kier molecular flexibility index (Phi) is 4.71. The number of benzene rings is 1. The van der Waals surface area contributed by atoms with Crippen LogP contribution in [0.3, 0.4) is 0 Å². The van der Waals surface area contributed by atoms with E-state index in [1.165, 1.54) is 5.69 Å². The largest absolute Gasteiger partial charge is 0.353 e. The van der Waals surface area contributed by atoms with Gasteiger partial charge in [-0.25, -0.2) is 9.50 Å². The summed E-state index contributed by atoms with van der Waals surface area (Å²) in [5.41, 5.74) is 4.78. The van der Waals surface area contributed by atoms with Crippen molar-refractivity contribution in [2.45, 2.75) is 45.1 Å². The minimum atomic E-state index is -0.0725. The molecule has 2 aromatic heterocycles. The summed E-state index contributed by atoms with van der Waals surface area (Å²) in [6.07, 6.45) is 4.80. The Balaban J connectivity index is 1.35. The smallest absolute Gasteiger partial charge is 0.220 e. The van der Waals surface area contributed by atoms with Crippen molar-refractivity contribution in [1.82, 2.24) is 19.9 Å². The molecular formula is C21H22N4O2. The van der Waals surface area contributed by atoms with Crippen LogP contribution in [0.15, 0.2) is 42.6 Å². The number of nitrogens with zero attached hydrogens (tertiary/aromatic N) is 3. The fourth-order valence-electron chi connectivity index (χ4n) is 3.66. The molecular weight excluding hydrogens is 340 g/mol.